The number of amides is 2. The molecule has 0 fully saturated rings. The number of carbonyl (C=O) groups is 2. The molecule has 10 heteroatoms. The summed E-state index contributed by atoms with van der Waals surface area (Å²) in [7, 11) is 0. The molecule has 2 aromatic carbocycles. The number of rotatable bonds is 7. The molecule has 2 aromatic rings. The molecule has 5 nitrogen and oxygen atoms in total. The Bertz CT molecular complexity index is 872. The van der Waals surface area contributed by atoms with Crippen LogP contribution in [0.3, 0.4) is 0 Å². The van der Waals surface area contributed by atoms with E-state index in [-0.39, 0.29) is 40.0 Å². The van der Waals surface area contributed by atoms with Gasteiger partial charge in [-0.1, -0.05) is 71.0 Å². The maximum Gasteiger partial charge on any atom is 0.238 e. The molecule has 0 aliphatic rings. The fraction of sp³-hybridized carbons (Fsp3) is 0.222. The zero-order valence-corrected chi connectivity index (χ0v) is 18.4. The Labute approximate surface area is 187 Å². The second-order valence-electron chi connectivity index (χ2n) is 5.74. The predicted molar refractivity (Wildman–Crippen MR) is 117 cm³/mol. The number of hydrogen-bond donors (Lipinski definition) is 2. The van der Waals surface area contributed by atoms with Crippen LogP contribution in [0, 0.1) is 0 Å². The van der Waals surface area contributed by atoms with Crippen LogP contribution >= 0.6 is 58.0 Å². The van der Waals surface area contributed by atoms with E-state index in [2.05, 4.69) is 10.6 Å². The number of likely N-dealkylation sites (N-methyl/N-ethyl adjacent to an activating group) is 1. The van der Waals surface area contributed by atoms with E-state index in [0.29, 0.717) is 28.0 Å². The van der Waals surface area contributed by atoms with Crippen LogP contribution in [0.4, 0.5) is 11.4 Å². The Morgan fingerprint density at radius 1 is 0.821 bits per heavy atom. The summed E-state index contributed by atoms with van der Waals surface area (Å²) in [6.07, 6.45) is 0. The van der Waals surface area contributed by atoms with Crippen LogP contribution in [-0.2, 0) is 9.59 Å². The van der Waals surface area contributed by atoms with Gasteiger partial charge in [0.15, 0.2) is 0 Å². The van der Waals surface area contributed by atoms with Gasteiger partial charge in [0.05, 0.1) is 49.6 Å². The molecule has 0 saturated heterocycles. The minimum atomic E-state index is -0.356. The van der Waals surface area contributed by atoms with Crippen LogP contribution in [0.1, 0.15) is 6.92 Å². The molecule has 0 saturated carbocycles. The van der Waals surface area contributed by atoms with Crippen molar-refractivity contribution in [3.63, 3.8) is 0 Å². The molecule has 0 aliphatic heterocycles. The topological polar surface area (TPSA) is 61.4 Å². The summed E-state index contributed by atoms with van der Waals surface area (Å²) in [4.78, 5) is 26.3. The van der Waals surface area contributed by atoms with Crippen molar-refractivity contribution < 1.29 is 9.59 Å². The monoisotopic (exact) mass is 481 g/mol. The predicted octanol–water partition coefficient (Wildman–Crippen LogP) is 5.85. The number of halogens is 5. The number of para-hydroxylation sites is 1. The highest BCUT2D eigenvalue weighted by molar-refractivity contribution is 6.44. The zero-order chi connectivity index (χ0) is 20.8. The zero-order valence-electron chi connectivity index (χ0n) is 14.7. The van der Waals surface area contributed by atoms with Gasteiger partial charge in [-0.25, -0.2) is 0 Å². The standard InChI is InChI=1S/C18H16Cl5N3O2/c1-2-26(9-17(28)25-18-10(19)4-3-5-11(18)20)8-16(27)24-15-7-13(22)12(21)6-14(15)23/h3-7H,2,8-9H2,1H3,(H,24,27)(H,25,28). The molecular formula is C18H16Cl5N3O2. The molecular weight excluding hydrogens is 467 g/mol. The van der Waals surface area contributed by atoms with Crippen molar-refractivity contribution in [1.82, 2.24) is 4.90 Å². The molecule has 2 amide bonds. The summed E-state index contributed by atoms with van der Waals surface area (Å²) >= 11 is 30.0. The lowest BCUT2D eigenvalue weighted by Crippen LogP contribution is -2.38. The quantitative estimate of drug-likeness (QED) is 0.486. The van der Waals surface area contributed by atoms with Crippen LogP contribution in [0.25, 0.3) is 0 Å². The molecule has 150 valence electrons. The van der Waals surface area contributed by atoms with Crippen LogP contribution < -0.4 is 10.6 Å². The average molecular weight is 484 g/mol. The normalized spacial score (nSPS) is 10.8. The van der Waals surface area contributed by atoms with Crippen molar-refractivity contribution in [3.8, 4) is 0 Å². The van der Waals surface area contributed by atoms with Gasteiger partial charge in [0.25, 0.3) is 0 Å². The number of hydrogen-bond acceptors (Lipinski definition) is 3. The summed E-state index contributed by atoms with van der Waals surface area (Å²) in [5.41, 5.74) is 0.670. The molecule has 0 bridgehead atoms. The molecule has 0 aromatic heterocycles. The minimum Gasteiger partial charge on any atom is -0.324 e. The fourth-order valence-electron chi connectivity index (χ4n) is 2.29. The van der Waals surface area contributed by atoms with Gasteiger partial charge in [-0.15, -0.1) is 0 Å². The molecule has 0 atom stereocenters. The maximum atomic E-state index is 12.3. The molecule has 0 aliphatic carbocycles. The lowest BCUT2D eigenvalue weighted by atomic mass is 10.3. The highest BCUT2D eigenvalue weighted by Gasteiger charge is 2.16. The summed E-state index contributed by atoms with van der Waals surface area (Å²) < 4.78 is 0. The van der Waals surface area contributed by atoms with E-state index in [1.165, 1.54) is 12.1 Å². The fourth-order valence-corrected chi connectivity index (χ4v) is 3.38. The number of carbonyl (C=O) groups excluding carboxylic acids is 2. The van der Waals surface area contributed by atoms with Crippen LogP contribution in [0.2, 0.25) is 25.1 Å². The highest BCUT2D eigenvalue weighted by Crippen LogP contribution is 2.32. The first kappa shape index (κ1) is 23.1. The van der Waals surface area contributed by atoms with Crippen molar-refractivity contribution in [2.24, 2.45) is 0 Å². The molecule has 0 spiro atoms. The minimum absolute atomic E-state index is 0.0272. The van der Waals surface area contributed by atoms with Crippen molar-refractivity contribution in [2.75, 3.05) is 30.3 Å². The Kier molecular flexibility index (Phi) is 8.68. The van der Waals surface area contributed by atoms with Crippen LogP contribution in [-0.4, -0.2) is 36.3 Å². The third-order valence-electron chi connectivity index (χ3n) is 3.69. The second kappa shape index (κ2) is 10.5. The van der Waals surface area contributed by atoms with Gasteiger partial charge in [-0.2, -0.15) is 0 Å². The first-order chi connectivity index (χ1) is 13.2. The van der Waals surface area contributed by atoms with E-state index in [4.69, 9.17) is 58.0 Å². The van der Waals surface area contributed by atoms with Crippen molar-refractivity contribution >= 4 is 81.2 Å². The molecule has 0 unspecified atom stereocenters. The summed E-state index contributed by atoms with van der Waals surface area (Å²) in [6, 6.07) is 7.83. The Balaban J connectivity index is 1.97. The van der Waals surface area contributed by atoms with E-state index < -0.39 is 0 Å². The first-order valence-corrected chi connectivity index (χ1v) is 10.0. The largest absolute Gasteiger partial charge is 0.324 e. The Morgan fingerprint density at radius 3 is 1.93 bits per heavy atom. The number of nitrogens with zero attached hydrogens (tertiary/aromatic N) is 1. The lowest BCUT2D eigenvalue weighted by molar-refractivity contribution is -0.119. The number of nitrogens with one attached hydrogen (secondary N) is 2. The summed E-state index contributed by atoms with van der Waals surface area (Å²) in [5.74, 6) is -0.706. The van der Waals surface area contributed by atoms with Gasteiger partial charge >= 0.3 is 0 Å². The summed E-state index contributed by atoms with van der Waals surface area (Å²) in [5, 5.41) is 6.79. The van der Waals surface area contributed by atoms with E-state index in [1.807, 2.05) is 6.92 Å². The smallest absolute Gasteiger partial charge is 0.238 e. The molecule has 0 heterocycles. The SMILES string of the molecule is CCN(CC(=O)Nc1cc(Cl)c(Cl)cc1Cl)CC(=O)Nc1c(Cl)cccc1Cl. The lowest BCUT2D eigenvalue weighted by Gasteiger charge is -2.20. The number of benzene rings is 2. The maximum absolute atomic E-state index is 12.3. The third-order valence-corrected chi connectivity index (χ3v) is 5.36. The van der Waals surface area contributed by atoms with Gasteiger partial charge in [-0.05, 0) is 30.8 Å². The Morgan fingerprint density at radius 2 is 1.36 bits per heavy atom. The second-order valence-corrected chi connectivity index (χ2v) is 7.78. The third kappa shape index (κ3) is 6.41. The van der Waals surface area contributed by atoms with E-state index in [9.17, 15) is 9.59 Å². The summed E-state index contributed by atoms with van der Waals surface area (Å²) in [6.45, 7) is 2.23. The molecule has 0 radical (unpaired) electrons. The van der Waals surface area contributed by atoms with E-state index in [1.54, 1.807) is 23.1 Å². The van der Waals surface area contributed by atoms with Gasteiger partial charge in [0, 0.05) is 0 Å². The van der Waals surface area contributed by atoms with E-state index in [0.717, 1.165) is 0 Å². The van der Waals surface area contributed by atoms with Crippen LogP contribution in [0.5, 0.6) is 0 Å². The molecule has 2 rings (SSSR count). The van der Waals surface area contributed by atoms with E-state index >= 15 is 0 Å². The molecule has 28 heavy (non-hydrogen) atoms. The van der Waals surface area contributed by atoms with Gasteiger partial charge in [0.1, 0.15) is 0 Å². The number of anilines is 2. The van der Waals surface area contributed by atoms with Gasteiger partial charge < -0.3 is 10.6 Å². The van der Waals surface area contributed by atoms with Gasteiger partial charge in [0.2, 0.25) is 11.8 Å². The van der Waals surface area contributed by atoms with Crippen molar-refractivity contribution in [2.45, 2.75) is 6.92 Å². The highest BCUT2D eigenvalue weighted by atomic mass is 35.5. The molecule has 2 N–H and O–H groups in total. The van der Waals surface area contributed by atoms with Crippen molar-refractivity contribution in [1.29, 1.82) is 0 Å². The Hall–Kier alpha value is -1.21. The van der Waals surface area contributed by atoms with Gasteiger partial charge in [-0.3, -0.25) is 14.5 Å². The average Bonchev–Trinajstić information content (AvgIpc) is 2.62. The van der Waals surface area contributed by atoms with Crippen LogP contribution in [0.15, 0.2) is 30.3 Å². The van der Waals surface area contributed by atoms with Crippen molar-refractivity contribution in [3.05, 3.63) is 55.4 Å². The first-order valence-electron chi connectivity index (χ1n) is 8.11.